The number of rotatable bonds is 5. The van der Waals surface area contributed by atoms with Gasteiger partial charge in [0, 0.05) is 51.1 Å². The van der Waals surface area contributed by atoms with Crippen molar-refractivity contribution < 1.29 is 0 Å². The largest absolute Gasteiger partial charge is 0.333 e. The van der Waals surface area contributed by atoms with Gasteiger partial charge in [-0.2, -0.15) is 0 Å². The molecule has 0 saturated heterocycles. The van der Waals surface area contributed by atoms with Crippen molar-refractivity contribution in [3.8, 4) is 11.4 Å². The Hall–Kier alpha value is -6.72. The lowest BCUT2D eigenvalue weighted by molar-refractivity contribution is 0.383. The van der Waals surface area contributed by atoms with Crippen LogP contribution in [0.4, 0.5) is 0 Å². The fraction of sp³-hybridized carbons (Fsp3) is 0.0435. The van der Waals surface area contributed by atoms with Crippen molar-refractivity contribution in [2.75, 3.05) is 7.05 Å². The van der Waals surface area contributed by atoms with Gasteiger partial charge in [-0.1, -0.05) is 127 Å². The van der Waals surface area contributed by atoms with E-state index in [4.69, 9.17) is 9.98 Å². The maximum Gasteiger partial charge on any atom is 0.159 e. The topological polar surface area (TPSA) is 37.8 Å². The van der Waals surface area contributed by atoms with E-state index in [2.05, 4.69) is 173 Å². The predicted octanol–water partition coefficient (Wildman–Crippen LogP) is 10.7. The molecule has 1 aliphatic rings. The highest BCUT2D eigenvalue weighted by molar-refractivity contribution is 6.19. The molecule has 0 radical (unpaired) electrons. The Morgan fingerprint density at radius 2 is 0.961 bits per heavy atom. The van der Waals surface area contributed by atoms with E-state index >= 15 is 0 Å². The van der Waals surface area contributed by atoms with Crippen LogP contribution in [0.3, 0.4) is 0 Å². The summed E-state index contributed by atoms with van der Waals surface area (Å²) in [4.78, 5) is 12.6. The van der Waals surface area contributed by atoms with Crippen molar-refractivity contribution in [1.82, 2.24) is 14.0 Å². The molecule has 2 aromatic heterocycles. The van der Waals surface area contributed by atoms with Gasteiger partial charge in [0.2, 0.25) is 0 Å². The van der Waals surface area contributed by atoms with Crippen LogP contribution in [0.25, 0.3) is 55.0 Å². The number of nitrogens with zero attached hydrogens (tertiary/aromatic N) is 5. The second-order valence-electron chi connectivity index (χ2n) is 13.1. The number of para-hydroxylation sites is 3. The Morgan fingerprint density at radius 1 is 0.431 bits per heavy atom. The molecule has 0 fully saturated rings. The Kier molecular flexibility index (Phi) is 6.71. The summed E-state index contributed by atoms with van der Waals surface area (Å²) in [6.45, 7) is 0. The molecular formula is C46H33N5. The van der Waals surface area contributed by atoms with Crippen LogP contribution in [0.1, 0.15) is 22.9 Å². The van der Waals surface area contributed by atoms with E-state index in [9.17, 15) is 0 Å². The molecule has 0 spiro atoms. The molecule has 0 N–H and O–H groups in total. The van der Waals surface area contributed by atoms with Gasteiger partial charge < -0.3 is 14.0 Å². The first-order valence-electron chi connectivity index (χ1n) is 17.4. The van der Waals surface area contributed by atoms with Crippen LogP contribution in [0, 0.1) is 0 Å². The number of hydrogen-bond donors (Lipinski definition) is 0. The highest BCUT2D eigenvalue weighted by Gasteiger charge is 2.27. The van der Waals surface area contributed by atoms with Crippen LogP contribution >= 0.6 is 0 Å². The minimum atomic E-state index is -0.270. The molecule has 0 saturated carbocycles. The van der Waals surface area contributed by atoms with E-state index in [0.29, 0.717) is 0 Å². The van der Waals surface area contributed by atoms with Crippen molar-refractivity contribution in [1.29, 1.82) is 0 Å². The van der Waals surface area contributed by atoms with Gasteiger partial charge in [-0.05, 0) is 54.1 Å². The summed E-state index contributed by atoms with van der Waals surface area (Å²) in [7, 11) is 2.09. The molecule has 7 aromatic carbocycles. The second-order valence-corrected chi connectivity index (χ2v) is 13.1. The number of aromatic nitrogens is 2. The molecule has 1 aliphatic heterocycles. The van der Waals surface area contributed by atoms with E-state index in [1.54, 1.807) is 0 Å². The number of amidine groups is 2. The third-order valence-corrected chi connectivity index (χ3v) is 10.1. The lowest BCUT2D eigenvalue weighted by atomic mass is 10.1. The van der Waals surface area contributed by atoms with E-state index in [0.717, 1.165) is 45.3 Å². The Bertz CT molecular complexity index is 2810. The van der Waals surface area contributed by atoms with Gasteiger partial charge in [0.05, 0.1) is 22.1 Å². The summed E-state index contributed by atoms with van der Waals surface area (Å²) in [6, 6.07) is 62.4. The van der Waals surface area contributed by atoms with Crippen LogP contribution in [0.15, 0.2) is 186 Å². The van der Waals surface area contributed by atoms with Gasteiger partial charge >= 0.3 is 0 Å². The summed E-state index contributed by atoms with van der Waals surface area (Å²) in [6.07, 6.45) is -0.270. The van der Waals surface area contributed by atoms with Gasteiger partial charge in [-0.25, -0.2) is 9.98 Å². The zero-order valence-electron chi connectivity index (χ0n) is 28.1. The fourth-order valence-electron chi connectivity index (χ4n) is 7.80. The van der Waals surface area contributed by atoms with Crippen LogP contribution in [0.5, 0.6) is 0 Å². The van der Waals surface area contributed by atoms with E-state index in [-0.39, 0.29) is 6.17 Å². The molecule has 0 aliphatic carbocycles. The summed E-state index contributed by atoms with van der Waals surface area (Å²) >= 11 is 0. The molecule has 3 heterocycles. The molecule has 1 unspecified atom stereocenters. The zero-order valence-corrected chi connectivity index (χ0v) is 28.1. The van der Waals surface area contributed by atoms with Crippen molar-refractivity contribution in [3.63, 3.8) is 0 Å². The third-order valence-electron chi connectivity index (χ3n) is 10.1. The number of benzene rings is 7. The summed E-state index contributed by atoms with van der Waals surface area (Å²) < 4.78 is 4.81. The van der Waals surface area contributed by atoms with E-state index < -0.39 is 0 Å². The first-order valence-corrected chi connectivity index (χ1v) is 17.4. The van der Waals surface area contributed by atoms with Gasteiger partial charge in [-0.3, -0.25) is 0 Å². The Morgan fingerprint density at radius 3 is 1.61 bits per heavy atom. The van der Waals surface area contributed by atoms with E-state index in [1.807, 2.05) is 24.3 Å². The van der Waals surface area contributed by atoms with Gasteiger partial charge in [-0.15, -0.1) is 0 Å². The molecule has 0 amide bonds. The fourth-order valence-corrected chi connectivity index (χ4v) is 7.80. The first-order chi connectivity index (χ1) is 25.2. The molecule has 51 heavy (non-hydrogen) atoms. The van der Waals surface area contributed by atoms with Crippen molar-refractivity contribution in [2.45, 2.75) is 6.17 Å². The van der Waals surface area contributed by atoms with E-state index in [1.165, 1.54) is 38.1 Å². The molecule has 1 atom stereocenters. The van der Waals surface area contributed by atoms with Gasteiger partial charge in [0.1, 0.15) is 5.84 Å². The highest BCUT2D eigenvalue weighted by atomic mass is 15.3. The third kappa shape index (κ3) is 4.70. The van der Waals surface area contributed by atoms with Crippen molar-refractivity contribution in [2.24, 2.45) is 9.98 Å². The van der Waals surface area contributed by atoms with Crippen molar-refractivity contribution in [3.05, 3.63) is 193 Å². The van der Waals surface area contributed by atoms with Gasteiger partial charge in [0.25, 0.3) is 0 Å². The summed E-state index contributed by atoms with van der Waals surface area (Å²) in [5.41, 5.74) is 10.1. The summed E-state index contributed by atoms with van der Waals surface area (Å²) in [5, 5.41) is 4.96. The van der Waals surface area contributed by atoms with Crippen LogP contribution in [0.2, 0.25) is 0 Å². The van der Waals surface area contributed by atoms with Crippen LogP contribution in [-0.4, -0.2) is 32.8 Å². The molecule has 242 valence electrons. The molecule has 10 rings (SSSR count). The minimum absolute atomic E-state index is 0.270. The SMILES string of the molecule is CN1C(c2ccccc2)=NC(c2ccccc2)=NC1c1cccc(-n2c3ccccc3c3cc4c5ccccc5n(-c5ccccc5)c4cc32)c1. The zero-order chi connectivity index (χ0) is 33.9. The average Bonchev–Trinajstić information content (AvgIpc) is 3.70. The predicted molar refractivity (Wildman–Crippen MR) is 212 cm³/mol. The number of fused-ring (bicyclic) bond motifs is 6. The maximum absolute atomic E-state index is 5.28. The molecule has 0 bridgehead atoms. The number of hydrogen-bond acceptors (Lipinski definition) is 3. The van der Waals surface area contributed by atoms with Crippen LogP contribution < -0.4 is 0 Å². The molecular weight excluding hydrogens is 623 g/mol. The quantitative estimate of drug-likeness (QED) is 0.182. The lowest BCUT2D eigenvalue weighted by Crippen LogP contribution is -2.35. The maximum atomic E-state index is 5.28. The standard InChI is InChI=1S/C46H33N5/c1-49-45(32-18-7-3-8-19-32)47-44(31-16-5-2-6-17-31)48-46(49)33-20-15-23-35(28-33)51-41-27-14-12-25-37(41)39-29-38-36-24-11-13-26-40(36)50(42(38)30-43(39)51)34-21-9-4-10-22-34/h2-30,46H,1H3. The Labute approximate surface area is 295 Å². The smallest absolute Gasteiger partial charge is 0.159 e. The van der Waals surface area contributed by atoms with Crippen LogP contribution in [-0.2, 0) is 0 Å². The first kappa shape index (κ1) is 29.2. The second kappa shape index (κ2) is 11.7. The number of aliphatic imine (C=N–C) groups is 2. The van der Waals surface area contributed by atoms with Crippen molar-refractivity contribution >= 4 is 55.3 Å². The normalized spacial score (nSPS) is 14.8. The summed E-state index contributed by atoms with van der Waals surface area (Å²) in [5.74, 6) is 1.63. The molecule has 5 nitrogen and oxygen atoms in total. The minimum Gasteiger partial charge on any atom is -0.333 e. The van der Waals surface area contributed by atoms with Gasteiger partial charge in [0.15, 0.2) is 12.0 Å². The molecule has 9 aromatic rings. The monoisotopic (exact) mass is 655 g/mol. The molecule has 5 heteroatoms. The Balaban J connectivity index is 1.19. The highest BCUT2D eigenvalue weighted by Crippen LogP contribution is 2.40. The average molecular weight is 656 g/mol. The lowest BCUT2D eigenvalue weighted by Gasteiger charge is -2.32.